The van der Waals surface area contributed by atoms with E-state index in [2.05, 4.69) is 15.5 Å². The van der Waals surface area contributed by atoms with Crippen LogP contribution in [0.5, 0.6) is 0 Å². The number of amides is 2. The van der Waals surface area contributed by atoms with Gasteiger partial charge in [0.15, 0.2) is 0 Å². The van der Waals surface area contributed by atoms with Crippen molar-refractivity contribution in [2.24, 2.45) is 5.92 Å². The lowest BCUT2D eigenvalue weighted by atomic mass is 9.97. The standard InChI is InChI=1S/C21H32N4O3/c1-21(2,3)28-20(27)25-14-12-24(13-15-25)18-6-4-17(5-7-18)23-19(26)16-8-10-22-11-9-16/h4-7,16,22H,8-15H2,1-3H3,(H,23,26). The lowest BCUT2D eigenvalue weighted by Gasteiger charge is -2.36. The molecule has 7 nitrogen and oxygen atoms in total. The van der Waals surface area contributed by atoms with E-state index >= 15 is 0 Å². The number of ether oxygens (including phenoxy) is 1. The van der Waals surface area contributed by atoms with Crippen LogP contribution < -0.4 is 15.5 Å². The molecule has 154 valence electrons. The van der Waals surface area contributed by atoms with Crippen LogP contribution in [0.3, 0.4) is 0 Å². The van der Waals surface area contributed by atoms with Crippen molar-refractivity contribution in [1.29, 1.82) is 0 Å². The molecule has 2 saturated heterocycles. The molecule has 2 heterocycles. The third-order valence-electron chi connectivity index (χ3n) is 5.14. The summed E-state index contributed by atoms with van der Waals surface area (Å²) in [6.45, 7) is 10.3. The highest BCUT2D eigenvalue weighted by Gasteiger charge is 2.26. The molecule has 0 radical (unpaired) electrons. The molecule has 28 heavy (non-hydrogen) atoms. The van der Waals surface area contributed by atoms with Gasteiger partial charge < -0.3 is 25.2 Å². The van der Waals surface area contributed by atoms with Crippen molar-refractivity contribution >= 4 is 23.4 Å². The Morgan fingerprint density at radius 2 is 1.64 bits per heavy atom. The molecule has 0 bridgehead atoms. The number of carbonyl (C=O) groups is 2. The minimum atomic E-state index is -0.470. The van der Waals surface area contributed by atoms with Crippen LogP contribution in [0, 0.1) is 5.92 Å². The van der Waals surface area contributed by atoms with Gasteiger partial charge in [0.2, 0.25) is 5.91 Å². The minimum Gasteiger partial charge on any atom is -0.444 e. The number of hydrogen-bond donors (Lipinski definition) is 2. The molecule has 1 aromatic carbocycles. The monoisotopic (exact) mass is 388 g/mol. The number of nitrogens with zero attached hydrogens (tertiary/aromatic N) is 2. The number of piperazine rings is 1. The fourth-order valence-corrected chi connectivity index (χ4v) is 3.56. The van der Waals surface area contributed by atoms with E-state index < -0.39 is 5.60 Å². The quantitative estimate of drug-likeness (QED) is 0.833. The number of nitrogens with one attached hydrogen (secondary N) is 2. The fourth-order valence-electron chi connectivity index (χ4n) is 3.56. The van der Waals surface area contributed by atoms with E-state index in [4.69, 9.17) is 4.74 Å². The van der Waals surface area contributed by atoms with Crippen LogP contribution in [0.15, 0.2) is 24.3 Å². The van der Waals surface area contributed by atoms with Crippen LogP contribution in [-0.4, -0.2) is 61.8 Å². The van der Waals surface area contributed by atoms with Gasteiger partial charge in [-0.15, -0.1) is 0 Å². The SMILES string of the molecule is CC(C)(C)OC(=O)N1CCN(c2ccc(NC(=O)C3CCNCC3)cc2)CC1. The van der Waals surface area contributed by atoms with Crippen molar-refractivity contribution in [3.8, 4) is 0 Å². The molecule has 0 saturated carbocycles. The summed E-state index contributed by atoms with van der Waals surface area (Å²) < 4.78 is 5.45. The Bertz CT molecular complexity index is 670. The van der Waals surface area contributed by atoms with Crippen LogP contribution >= 0.6 is 0 Å². The van der Waals surface area contributed by atoms with Gasteiger partial charge in [-0.3, -0.25) is 4.79 Å². The first kappa shape index (κ1) is 20.5. The highest BCUT2D eigenvalue weighted by atomic mass is 16.6. The molecule has 2 N–H and O–H groups in total. The summed E-state index contributed by atoms with van der Waals surface area (Å²) in [5, 5.41) is 6.31. The van der Waals surface area contributed by atoms with E-state index in [1.807, 2.05) is 45.0 Å². The second-order valence-corrected chi connectivity index (χ2v) is 8.51. The van der Waals surface area contributed by atoms with Gasteiger partial charge in [-0.2, -0.15) is 0 Å². The maximum atomic E-state index is 12.4. The predicted molar refractivity (Wildman–Crippen MR) is 111 cm³/mol. The first-order valence-electron chi connectivity index (χ1n) is 10.2. The second-order valence-electron chi connectivity index (χ2n) is 8.51. The third kappa shape index (κ3) is 5.61. The number of rotatable bonds is 3. The van der Waals surface area contributed by atoms with Crippen molar-refractivity contribution < 1.29 is 14.3 Å². The van der Waals surface area contributed by atoms with Crippen LogP contribution in [-0.2, 0) is 9.53 Å². The first-order valence-corrected chi connectivity index (χ1v) is 10.2. The molecule has 3 rings (SSSR count). The lowest BCUT2D eigenvalue weighted by molar-refractivity contribution is -0.120. The third-order valence-corrected chi connectivity index (χ3v) is 5.14. The van der Waals surface area contributed by atoms with Crippen molar-refractivity contribution in [3.05, 3.63) is 24.3 Å². The molecular weight excluding hydrogens is 356 g/mol. The summed E-state index contributed by atoms with van der Waals surface area (Å²) >= 11 is 0. The first-order chi connectivity index (χ1) is 13.3. The van der Waals surface area contributed by atoms with Crippen LogP contribution in [0.2, 0.25) is 0 Å². The van der Waals surface area contributed by atoms with E-state index in [1.165, 1.54) is 0 Å². The molecule has 0 aliphatic carbocycles. The Labute approximate surface area is 167 Å². The zero-order chi connectivity index (χ0) is 20.1. The molecule has 0 spiro atoms. The Morgan fingerprint density at radius 3 is 2.21 bits per heavy atom. The van der Waals surface area contributed by atoms with Crippen LogP contribution in [0.4, 0.5) is 16.2 Å². The highest BCUT2D eigenvalue weighted by molar-refractivity contribution is 5.92. The molecule has 0 unspecified atom stereocenters. The van der Waals surface area contributed by atoms with Gasteiger partial charge in [0, 0.05) is 43.5 Å². The number of hydrogen-bond acceptors (Lipinski definition) is 5. The van der Waals surface area contributed by atoms with Gasteiger partial charge in [0.1, 0.15) is 5.60 Å². The van der Waals surface area contributed by atoms with Gasteiger partial charge in [-0.05, 0) is 71.0 Å². The second kappa shape index (κ2) is 8.82. The maximum absolute atomic E-state index is 12.4. The summed E-state index contributed by atoms with van der Waals surface area (Å²) in [5.41, 5.74) is 1.46. The molecule has 2 aliphatic heterocycles. The summed E-state index contributed by atoms with van der Waals surface area (Å²) in [7, 11) is 0. The minimum absolute atomic E-state index is 0.0989. The van der Waals surface area contributed by atoms with E-state index in [-0.39, 0.29) is 17.9 Å². The number of benzene rings is 1. The Hall–Kier alpha value is -2.28. The largest absolute Gasteiger partial charge is 0.444 e. The van der Waals surface area contributed by atoms with E-state index in [9.17, 15) is 9.59 Å². The van der Waals surface area contributed by atoms with Gasteiger partial charge >= 0.3 is 6.09 Å². The Kier molecular flexibility index (Phi) is 6.44. The zero-order valence-electron chi connectivity index (χ0n) is 17.2. The number of carbonyl (C=O) groups excluding carboxylic acids is 2. The topological polar surface area (TPSA) is 73.9 Å². The maximum Gasteiger partial charge on any atom is 0.410 e. The van der Waals surface area contributed by atoms with Gasteiger partial charge in [0.25, 0.3) is 0 Å². The summed E-state index contributed by atoms with van der Waals surface area (Å²) in [6.07, 6.45) is 1.54. The van der Waals surface area contributed by atoms with Crippen molar-refractivity contribution in [1.82, 2.24) is 10.2 Å². The predicted octanol–water partition coefficient (Wildman–Crippen LogP) is 2.68. The molecule has 0 atom stereocenters. The van der Waals surface area contributed by atoms with Crippen molar-refractivity contribution in [2.75, 3.05) is 49.5 Å². The zero-order valence-corrected chi connectivity index (χ0v) is 17.2. The molecule has 2 aliphatic rings. The Balaban J connectivity index is 1.49. The van der Waals surface area contributed by atoms with Crippen molar-refractivity contribution in [2.45, 2.75) is 39.2 Å². The summed E-state index contributed by atoms with van der Waals surface area (Å²) in [5.74, 6) is 0.210. The van der Waals surface area contributed by atoms with Gasteiger partial charge in [-0.25, -0.2) is 4.79 Å². The average molecular weight is 389 g/mol. The van der Waals surface area contributed by atoms with Crippen molar-refractivity contribution in [3.63, 3.8) is 0 Å². The van der Waals surface area contributed by atoms with Gasteiger partial charge in [0.05, 0.1) is 0 Å². The molecule has 0 aromatic heterocycles. The molecule has 2 amide bonds. The van der Waals surface area contributed by atoms with E-state index in [1.54, 1.807) is 4.90 Å². The molecular formula is C21H32N4O3. The highest BCUT2D eigenvalue weighted by Crippen LogP contribution is 2.22. The molecule has 7 heteroatoms. The normalized spacial score (nSPS) is 18.7. The molecule has 2 fully saturated rings. The summed E-state index contributed by atoms with van der Waals surface area (Å²) in [6, 6.07) is 7.96. The lowest BCUT2D eigenvalue weighted by Crippen LogP contribution is -2.50. The molecule has 1 aromatic rings. The average Bonchev–Trinajstić information content (AvgIpc) is 2.68. The van der Waals surface area contributed by atoms with Crippen LogP contribution in [0.1, 0.15) is 33.6 Å². The number of piperidine rings is 1. The number of anilines is 2. The smallest absolute Gasteiger partial charge is 0.410 e. The van der Waals surface area contributed by atoms with E-state index in [0.717, 1.165) is 50.4 Å². The Morgan fingerprint density at radius 1 is 1.04 bits per heavy atom. The van der Waals surface area contributed by atoms with Crippen LogP contribution in [0.25, 0.3) is 0 Å². The summed E-state index contributed by atoms with van der Waals surface area (Å²) in [4.78, 5) is 28.5. The fraction of sp³-hybridized carbons (Fsp3) is 0.619. The van der Waals surface area contributed by atoms with E-state index in [0.29, 0.717) is 13.1 Å². The van der Waals surface area contributed by atoms with Gasteiger partial charge in [-0.1, -0.05) is 0 Å².